The fraction of sp³-hybridized carbons (Fsp3) is 0.400. The molecule has 1 aromatic rings. The number of hydrogen-bond donors (Lipinski definition) is 0. The summed E-state index contributed by atoms with van der Waals surface area (Å²) in [4.78, 5) is 14.5. The number of carbonyl (C=O) groups excluding carboxylic acids is 1. The summed E-state index contributed by atoms with van der Waals surface area (Å²) < 4.78 is 42.7. The van der Waals surface area contributed by atoms with E-state index in [1.807, 2.05) is 0 Å². The molecule has 0 aliphatic rings. The van der Waals surface area contributed by atoms with E-state index in [0.29, 0.717) is 0 Å². The van der Waals surface area contributed by atoms with Gasteiger partial charge in [0.05, 0.1) is 6.61 Å². The molecule has 3 nitrogen and oxygen atoms in total. The molecule has 0 unspecified atom stereocenters. The molecule has 6 heteroatoms. The molecule has 0 saturated carbocycles. The maximum absolute atomic E-state index is 13.2. The molecule has 0 fully saturated rings. The van der Waals surface area contributed by atoms with Crippen molar-refractivity contribution in [3.63, 3.8) is 0 Å². The van der Waals surface area contributed by atoms with Crippen LogP contribution in [0.5, 0.6) is 0 Å². The van der Waals surface area contributed by atoms with E-state index in [9.17, 15) is 18.0 Å². The van der Waals surface area contributed by atoms with E-state index in [4.69, 9.17) is 0 Å². The summed E-state index contributed by atoms with van der Waals surface area (Å²) >= 11 is 0. The molecule has 0 radical (unpaired) electrons. The lowest BCUT2D eigenvalue weighted by Crippen LogP contribution is -2.11. The van der Waals surface area contributed by atoms with Gasteiger partial charge in [-0.1, -0.05) is 0 Å². The maximum Gasteiger partial charge on any atom is 0.342 e. The van der Waals surface area contributed by atoms with Gasteiger partial charge in [0.25, 0.3) is 6.43 Å². The lowest BCUT2D eigenvalue weighted by atomic mass is 10.1. The zero-order chi connectivity index (χ0) is 12.3. The minimum atomic E-state index is -2.80. The number of ether oxygens (including phenoxy) is 1. The topological polar surface area (TPSA) is 39.2 Å². The standard InChI is InChI=1S/C10H10F3NO2/c1-3-16-10(15)7-4-6(8(11)12)5(2)14-9(7)13/h4,8H,3H2,1-2H3. The van der Waals surface area contributed by atoms with Gasteiger partial charge < -0.3 is 4.74 Å². The van der Waals surface area contributed by atoms with Crippen LogP contribution in [-0.2, 0) is 4.74 Å². The molecule has 1 rings (SSSR count). The van der Waals surface area contributed by atoms with E-state index in [0.717, 1.165) is 6.07 Å². The van der Waals surface area contributed by atoms with Crippen molar-refractivity contribution >= 4 is 5.97 Å². The highest BCUT2D eigenvalue weighted by molar-refractivity contribution is 5.89. The largest absolute Gasteiger partial charge is 0.462 e. The molecule has 0 spiro atoms. The number of alkyl halides is 2. The van der Waals surface area contributed by atoms with Crippen LogP contribution >= 0.6 is 0 Å². The van der Waals surface area contributed by atoms with E-state index >= 15 is 0 Å². The third kappa shape index (κ3) is 2.50. The van der Waals surface area contributed by atoms with Crippen LogP contribution in [0.3, 0.4) is 0 Å². The summed E-state index contributed by atoms with van der Waals surface area (Å²) in [6.45, 7) is 2.82. The fourth-order valence-electron chi connectivity index (χ4n) is 1.16. The van der Waals surface area contributed by atoms with Crippen molar-refractivity contribution in [2.75, 3.05) is 6.61 Å². The van der Waals surface area contributed by atoms with Gasteiger partial charge in [-0.15, -0.1) is 0 Å². The van der Waals surface area contributed by atoms with Crippen LogP contribution in [-0.4, -0.2) is 17.6 Å². The summed E-state index contributed by atoms with van der Waals surface area (Å²) in [7, 11) is 0. The van der Waals surface area contributed by atoms with E-state index in [1.165, 1.54) is 13.8 Å². The Morgan fingerprint density at radius 3 is 2.69 bits per heavy atom. The van der Waals surface area contributed by atoms with Crippen LogP contribution in [0.4, 0.5) is 13.2 Å². The van der Waals surface area contributed by atoms with Gasteiger partial charge in [-0.25, -0.2) is 18.6 Å². The molecule has 0 bridgehead atoms. The first kappa shape index (κ1) is 12.5. The van der Waals surface area contributed by atoms with Crippen molar-refractivity contribution in [2.45, 2.75) is 20.3 Å². The Hall–Kier alpha value is -1.59. The molecule has 0 N–H and O–H groups in total. The van der Waals surface area contributed by atoms with Crippen molar-refractivity contribution in [3.05, 3.63) is 28.8 Å². The Morgan fingerprint density at radius 2 is 2.19 bits per heavy atom. The third-order valence-electron chi connectivity index (χ3n) is 1.94. The predicted molar refractivity (Wildman–Crippen MR) is 49.8 cm³/mol. The number of halogens is 3. The minimum absolute atomic E-state index is 0.0379. The summed E-state index contributed by atoms with van der Waals surface area (Å²) in [6.07, 6.45) is -2.80. The van der Waals surface area contributed by atoms with Crippen molar-refractivity contribution < 1.29 is 22.7 Å². The number of aromatic nitrogens is 1. The van der Waals surface area contributed by atoms with E-state index < -0.39 is 29.5 Å². The highest BCUT2D eigenvalue weighted by Gasteiger charge is 2.20. The van der Waals surface area contributed by atoms with Crippen LogP contribution in [0.1, 0.15) is 35.0 Å². The van der Waals surface area contributed by atoms with Crippen LogP contribution in [0.15, 0.2) is 6.07 Å². The Labute approximate surface area is 90.2 Å². The van der Waals surface area contributed by atoms with Gasteiger partial charge in [0.15, 0.2) is 0 Å². The lowest BCUT2D eigenvalue weighted by molar-refractivity contribution is 0.0519. The second-order valence-corrected chi connectivity index (χ2v) is 3.02. The Kier molecular flexibility index (Phi) is 3.87. The van der Waals surface area contributed by atoms with Gasteiger partial charge in [0, 0.05) is 11.3 Å². The number of rotatable bonds is 3. The van der Waals surface area contributed by atoms with Gasteiger partial charge in [-0.2, -0.15) is 4.39 Å². The summed E-state index contributed by atoms with van der Waals surface area (Å²) in [5, 5.41) is 0. The molecular weight excluding hydrogens is 223 g/mol. The van der Waals surface area contributed by atoms with Crippen molar-refractivity contribution in [2.24, 2.45) is 0 Å². The minimum Gasteiger partial charge on any atom is -0.462 e. The van der Waals surface area contributed by atoms with Crippen molar-refractivity contribution in [3.8, 4) is 0 Å². The van der Waals surface area contributed by atoms with Gasteiger partial charge in [0.1, 0.15) is 5.56 Å². The van der Waals surface area contributed by atoms with Gasteiger partial charge in [-0.3, -0.25) is 0 Å². The number of esters is 1. The zero-order valence-corrected chi connectivity index (χ0v) is 8.76. The molecule has 0 atom stereocenters. The fourth-order valence-corrected chi connectivity index (χ4v) is 1.16. The first-order valence-electron chi connectivity index (χ1n) is 4.59. The second-order valence-electron chi connectivity index (χ2n) is 3.02. The molecule has 16 heavy (non-hydrogen) atoms. The normalized spacial score (nSPS) is 10.6. The molecule has 1 heterocycles. The highest BCUT2D eigenvalue weighted by Crippen LogP contribution is 2.23. The summed E-state index contributed by atoms with van der Waals surface area (Å²) in [5.74, 6) is -2.09. The number of hydrogen-bond acceptors (Lipinski definition) is 3. The lowest BCUT2D eigenvalue weighted by Gasteiger charge is -2.07. The van der Waals surface area contributed by atoms with Crippen LogP contribution in [0, 0.1) is 12.9 Å². The van der Waals surface area contributed by atoms with Crippen molar-refractivity contribution in [1.29, 1.82) is 0 Å². The van der Waals surface area contributed by atoms with E-state index in [2.05, 4.69) is 9.72 Å². The van der Waals surface area contributed by atoms with Gasteiger partial charge in [0.2, 0.25) is 5.95 Å². The number of carbonyl (C=O) groups is 1. The number of aryl methyl sites for hydroxylation is 1. The van der Waals surface area contributed by atoms with E-state index in [-0.39, 0.29) is 12.3 Å². The first-order chi connectivity index (χ1) is 7.47. The van der Waals surface area contributed by atoms with Crippen molar-refractivity contribution in [1.82, 2.24) is 4.98 Å². The Bertz CT molecular complexity index is 407. The first-order valence-corrected chi connectivity index (χ1v) is 4.59. The Balaban J connectivity index is 3.19. The van der Waals surface area contributed by atoms with Gasteiger partial charge >= 0.3 is 5.97 Å². The smallest absolute Gasteiger partial charge is 0.342 e. The summed E-state index contributed by atoms with van der Waals surface area (Å²) in [6, 6.07) is 0.778. The van der Waals surface area contributed by atoms with Gasteiger partial charge in [-0.05, 0) is 19.9 Å². The van der Waals surface area contributed by atoms with Crippen LogP contribution in [0.25, 0.3) is 0 Å². The SMILES string of the molecule is CCOC(=O)c1cc(C(F)F)c(C)nc1F. The molecule has 0 aliphatic heterocycles. The molecule has 1 aromatic heterocycles. The molecule has 88 valence electrons. The molecule has 0 aliphatic carbocycles. The molecule has 0 aromatic carbocycles. The quantitative estimate of drug-likeness (QED) is 0.595. The highest BCUT2D eigenvalue weighted by atomic mass is 19.3. The maximum atomic E-state index is 13.2. The average Bonchev–Trinajstić information content (AvgIpc) is 2.17. The number of nitrogens with zero attached hydrogens (tertiary/aromatic N) is 1. The average molecular weight is 233 g/mol. The molecule has 0 amide bonds. The Morgan fingerprint density at radius 1 is 1.56 bits per heavy atom. The van der Waals surface area contributed by atoms with Crippen LogP contribution < -0.4 is 0 Å². The second kappa shape index (κ2) is 4.96. The number of pyridine rings is 1. The van der Waals surface area contributed by atoms with Crippen LogP contribution in [0.2, 0.25) is 0 Å². The monoisotopic (exact) mass is 233 g/mol. The predicted octanol–water partition coefficient (Wildman–Crippen LogP) is 2.64. The molecular formula is C10H10F3NO2. The zero-order valence-electron chi connectivity index (χ0n) is 8.76. The third-order valence-corrected chi connectivity index (χ3v) is 1.94. The molecule has 0 saturated heterocycles. The summed E-state index contributed by atoms with van der Waals surface area (Å²) in [5.41, 5.74) is -1.17. The van der Waals surface area contributed by atoms with E-state index in [1.54, 1.807) is 0 Å².